The molecule has 48 heavy (non-hydrogen) atoms. The predicted molar refractivity (Wildman–Crippen MR) is 195 cm³/mol. The van der Waals surface area contributed by atoms with Crippen molar-refractivity contribution in [1.82, 2.24) is 14.1 Å². The van der Waals surface area contributed by atoms with Gasteiger partial charge in [0.05, 0.1) is 11.0 Å². The zero-order valence-electron chi connectivity index (χ0n) is 25.4. The molecule has 0 atom stereocenters. The van der Waals surface area contributed by atoms with Crippen molar-refractivity contribution in [2.24, 2.45) is 0 Å². The number of fused-ring (bicyclic) bond motifs is 16. The maximum atomic E-state index is 6.58. The van der Waals surface area contributed by atoms with Crippen molar-refractivity contribution < 1.29 is 9.47 Å². The van der Waals surface area contributed by atoms with Crippen LogP contribution in [0.1, 0.15) is 0 Å². The summed E-state index contributed by atoms with van der Waals surface area (Å²) in [4.78, 5) is 5.67. The van der Waals surface area contributed by atoms with E-state index in [0.29, 0.717) is 0 Å². The molecule has 4 aliphatic rings. The number of nitrogens with zero attached hydrogens (tertiary/aromatic N) is 3. The molecule has 5 nitrogen and oxygen atoms in total. The van der Waals surface area contributed by atoms with E-state index in [0.717, 1.165) is 45.1 Å². The van der Waals surface area contributed by atoms with E-state index in [1.165, 1.54) is 66.0 Å². The number of aromatic nitrogens is 3. The minimum atomic E-state index is 0.0922. The molecular weight excluding hydrogens is 588 g/mol. The van der Waals surface area contributed by atoms with Crippen molar-refractivity contribution in [2.45, 2.75) is 0 Å². The molecule has 0 unspecified atom stereocenters. The van der Waals surface area contributed by atoms with Crippen LogP contribution in [0.5, 0.6) is 23.0 Å². The predicted octanol–water partition coefficient (Wildman–Crippen LogP) is 5.15. The fourth-order valence-electron chi connectivity index (χ4n) is 9.43. The van der Waals surface area contributed by atoms with Gasteiger partial charge in [0.2, 0.25) is 0 Å². The highest BCUT2D eigenvalue weighted by atomic mass is 16.5. The lowest BCUT2D eigenvalue weighted by atomic mass is 9.34. The molecule has 6 aromatic carbocycles. The van der Waals surface area contributed by atoms with Gasteiger partial charge in [0.1, 0.15) is 34.3 Å². The Labute approximate surface area is 274 Å². The Bertz CT molecular complexity index is 2800. The number of ether oxygens (including phenoxy) is 2. The Morgan fingerprint density at radius 1 is 0.417 bits per heavy atom. The maximum Gasteiger partial charge on any atom is 0.256 e. The molecule has 0 fully saturated rings. The maximum absolute atomic E-state index is 6.58. The standard InChI is InChI=1S/C41H21B2N3O2/c1-5-13-30-26(9-1)42-28-11-3-7-15-32(28)47-34-19-17-22-24-21-25-23-18-20-35-37-39(23)46(41(25)44-40(24)45(30)38(22)36(34)42)31-14-6-2-10-27(31)43(37)29-12-4-8-16-33(29)48-35/h1-21H. The van der Waals surface area contributed by atoms with Gasteiger partial charge in [-0.3, -0.25) is 9.13 Å². The van der Waals surface area contributed by atoms with E-state index in [1.807, 2.05) is 0 Å². The fourth-order valence-corrected chi connectivity index (χ4v) is 9.43. The van der Waals surface area contributed by atoms with E-state index in [1.54, 1.807) is 0 Å². The van der Waals surface area contributed by atoms with E-state index in [9.17, 15) is 0 Å². The molecule has 7 heterocycles. The van der Waals surface area contributed by atoms with Crippen LogP contribution in [0.25, 0.3) is 55.2 Å². The van der Waals surface area contributed by atoms with Gasteiger partial charge in [-0.15, -0.1) is 0 Å². The van der Waals surface area contributed by atoms with Crippen molar-refractivity contribution in [3.05, 3.63) is 127 Å². The van der Waals surface area contributed by atoms with Gasteiger partial charge in [-0.25, -0.2) is 4.98 Å². The van der Waals surface area contributed by atoms with Crippen molar-refractivity contribution in [3.63, 3.8) is 0 Å². The number of rotatable bonds is 0. The van der Waals surface area contributed by atoms with E-state index in [4.69, 9.17) is 14.5 Å². The minimum absolute atomic E-state index is 0.0922. The van der Waals surface area contributed by atoms with Crippen LogP contribution in [0, 0.1) is 0 Å². The van der Waals surface area contributed by atoms with Gasteiger partial charge in [0, 0.05) is 32.9 Å². The van der Waals surface area contributed by atoms with Crippen LogP contribution < -0.4 is 42.3 Å². The highest BCUT2D eigenvalue weighted by Crippen LogP contribution is 2.42. The summed E-state index contributed by atoms with van der Waals surface area (Å²) in [6, 6.07) is 45.7. The molecular formula is C41H21B2N3O2. The molecule has 0 aliphatic carbocycles. The summed E-state index contributed by atoms with van der Waals surface area (Å²) in [5, 5.41) is 4.70. The first-order chi connectivity index (χ1) is 23.8. The van der Waals surface area contributed by atoms with Crippen LogP contribution in [0.15, 0.2) is 127 Å². The lowest BCUT2D eigenvalue weighted by Gasteiger charge is -2.32. The van der Waals surface area contributed by atoms with Crippen LogP contribution >= 0.6 is 0 Å². The van der Waals surface area contributed by atoms with Crippen LogP contribution in [0.3, 0.4) is 0 Å². The van der Waals surface area contributed by atoms with Gasteiger partial charge in [-0.2, -0.15) is 0 Å². The number of hydrogen-bond donors (Lipinski definition) is 0. The van der Waals surface area contributed by atoms with Crippen molar-refractivity contribution in [1.29, 1.82) is 0 Å². The van der Waals surface area contributed by atoms with Crippen LogP contribution in [0.2, 0.25) is 0 Å². The lowest BCUT2D eigenvalue weighted by Crippen LogP contribution is -2.58. The molecule has 7 heteroatoms. The summed E-state index contributed by atoms with van der Waals surface area (Å²) in [5.74, 6) is 3.70. The molecule has 0 saturated heterocycles. The van der Waals surface area contributed by atoms with Crippen LogP contribution in [0.4, 0.5) is 0 Å². The Hall–Kier alpha value is -6.20. The smallest absolute Gasteiger partial charge is 0.256 e. The van der Waals surface area contributed by atoms with Crippen molar-refractivity contribution in [2.75, 3.05) is 0 Å². The van der Waals surface area contributed by atoms with E-state index >= 15 is 0 Å². The second-order valence-corrected chi connectivity index (χ2v) is 13.4. The molecule has 0 spiro atoms. The quantitative estimate of drug-likeness (QED) is 0.224. The summed E-state index contributed by atoms with van der Waals surface area (Å²) in [6.07, 6.45) is 0. The lowest BCUT2D eigenvalue weighted by molar-refractivity contribution is 0.487. The Morgan fingerprint density at radius 3 is 1.35 bits per heavy atom. The second kappa shape index (κ2) is 8.01. The second-order valence-electron chi connectivity index (χ2n) is 13.4. The minimum Gasteiger partial charge on any atom is -0.458 e. The molecule has 218 valence electrons. The molecule has 13 rings (SSSR count). The normalized spacial score (nSPS) is 14.1. The zero-order chi connectivity index (χ0) is 30.8. The molecule has 9 aromatic rings. The summed E-state index contributed by atoms with van der Waals surface area (Å²) in [7, 11) is 0. The first-order valence-electron chi connectivity index (χ1n) is 16.5. The number of para-hydroxylation sites is 4. The van der Waals surface area contributed by atoms with Gasteiger partial charge in [-0.05, 0) is 87.4 Å². The number of pyridine rings is 1. The molecule has 0 amide bonds. The molecule has 0 bridgehead atoms. The average Bonchev–Trinajstić information content (AvgIpc) is 3.65. The Kier molecular flexibility index (Phi) is 4.01. The summed E-state index contributed by atoms with van der Waals surface area (Å²) >= 11 is 0. The van der Waals surface area contributed by atoms with Gasteiger partial charge in [0.25, 0.3) is 13.4 Å². The highest BCUT2D eigenvalue weighted by molar-refractivity contribution is 7.00. The molecule has 3 aromatic heterocycles. The molecule has 0 saturated carbocycles. The third kappa shape index (κ3) is 2.60. The zero-order valence-corrected chi connectivity index (χ0v) is 25.4. The molecule has 4 aliphatic heterocycles. The first-order valence-corrected chi connectivity index (χ1v) is 16.5. The Balaban J connectivity index is 1.20. The summed E-state index contributed by atoms with van der Waals surface area (Å²) < 4.78 is 18.0. The van der Waals surface area contributed by atoms with Crippen LogP contribution in [-0.4, -0.2) is 27.5 Å². The SMILES string of the molecule is c1ccc2c(c1)Oc1ccc3c4cc5c6ccc7c8c6n(c5nc4n4c3c1B2c1ccccc1-4)-c1ccccc1B8c1ccccc1O7. The fraction of sp³-hybridized carbons (Fsp3) is 0. The number of benzene rings is 6. The molecule has 0 N–H and O–H groups in total. The van der Waals surface area contributed by atoms with Gasteiger partial charge >= 0.3 is 0 Å². The van der Waals surface area contributed by atoms with Gasteiger partial charge < -0.3 is 9.47 Å². The van der Waals surface area contributed by atoms with Crippen LogP contribution in [-0.2, 0) is 0 Å². The summed E-state index contributed by atoms with van der Waals surface area (Å²) in [6.45, 7) is 0.184. The average molecular weight is 609 g/mol. The monoisotopic (exact) mass is 609 g/mol. The van der Waals surface area contributed by atoms with Gasteiger partial charge in [0.15, 0.2) is 0 Å². The molecule has 0 radical (unpaired) electrons. The summed E-state index contributed by atoms with van der Waals surface area (Å²) in [5.41, 5.74) is 14.0. The highest BCUT2D eigenvalue weighted by Gasteiger charge is 2.42. The number of hydrogen-bond acceptors (Lipinski definition) is 3. The Morgan fingerprint density at radius 2 is 0.854 bits per heavy atom. The van der Waals surface area contributed by atoms with E-state index in [-0.39, 0.29) is 13.4 Å². The topological polar surface area (TPSA) is 41.2 Å². The van der Waals surface area contributed by atoms with E-state index < -0.39 is 0 Å². The first kappa shape index (κ1) is 24.0. The van der Waals surface area contributed by atoms with E-state index in [2.05, 4.69) is 137 Å². The van der Waals surface area contributed by atoms with Crippen molar-refractivity contribution >= 4 is 90.1 Å². The largest absolute Gasteiger partial charge is 0.458 e. The van der Waals surface area contributed by atoms with Gasteiger partial charge in [-0.1, -0.05) is 72.8 Å². The third-order valence-corrected chi connectivity index (χ3v) is 11.2. The van der Waals surface area contributed by atoms with Crippen molar-refractivity contribution in [3.8, 4) is 34.4 Å². The third-order valence-electron chi connectivity index (χ3n) is 11.2.